The summed E-state index contributed by atoms with van der Waals surface area (Å²) in [5.41, 5.74) is 4.70. The van der Waals surface area contributed by atoms with Gasteiger partial charge in [-0.25, -0.2) is 0 Å². The number of rotatable bonds is 1. The van der Waals surface area contributed by atoms with E-state index in [0.29, 0.717) is 0 Å². The second-order valence-corrected chi connectivity index (χ2v) is 3.82. The topological polar surface area (TPSA) is 9.23 Å². The Morgan fingerprint density at radius 3 is 3.00 bits per heavy atom. The molecule has 0 aliphatic carbocycles. The summed E-state index contributed by atoms with van der Waals surface area (Å²) in [4.78, 5) is 0. The number of hydrogen-bond donors (Lipinski definition) is 0. The maximum atomic E-state index is 5.76. The van der Waals surface area contributed by atoms with Crippen LogP contribution in [0, 0.1) is 6.58 Å². The van der Waals surface area contributed by atoms with Gasteiger partial charge in [0, 0.05) is 6.61 Å². The van der Waals surface area contributed by atoms with Crippen LogP contribution in [-0.4, -0.2) is 6.61 Å². The highest BCUT2D eigenvalue weighted by Crippen LogP contribution is 2.21. The van der Waals surface area contributed by atoms with E-state index in [9.17, 15) is 0 Å². The molecule has 0 unspecified atom stereocenters. The SMILES string of the molecule is [CH]=C(C)c1ccc2c(c1)COCCC2. The third-order valence-electron chi connectivity index (χ3n) is 2.65. The minimum absolute atomic E-state index is 0.733. The number of fused-ring (bicyclic) bond motifs is 1. The van der Waals surface area contributed by atoms with Crippen molar-refractivity contribution in [2.75, 3.05) is 6.61 Å². The zero-order chi connectivity index (χ0) is 9.97. The Morgan fingerprint density at radius 1 is 1.36 bits per heavy atom. The van der Waals surface area contributed by atoms with Crippen LogP contribution in [0.4, 0.5) is 0 Å². The molecule has 1 nitrogen and oxygen atoms in total. The average molecular weight is 187 g/mol. The first kappa shape index (κ1) is 9.47. The molecule has 0 saturated heterocycles. The number of ether oxygens (including phenoxy) is 1. The number of benzene rings is 1. The van der Waals surface area contributed by atoms with Crippen LogP contribution in [0.3, 0.4) is 0 Å². The Bertz CT molecular complexity index is 352. The van der Waals surface area contributed by atoms with Gasteiger partial charge in [-0.05, 0) is 48.1 Å². The van der Waals surface area contributed by atoms with Gasteiger partial charge in [0.05, 0.1) is 6.61 Å². The lowest BCUT2D eigenvalue weighted by molar-refractivity contribution is 0.125. The highest BCUT2D eigenvalue weighted by Gasteiger charge is 2.08. The van der Waals surface area contributed by atoms with E-state index in [-0.39, 0.29) is 0 Å². The Hall–Kier alpha value is -1.08. The standard InChI is InChI=1S/C13H15O/c1-10(2)12-6-5-11-4-3-7-14-9-13(11)8-12/h1,5-6,8H,3-4,7,9H2,2H3. The van der Waals surface area contributed by atoms with Gasteiger partial charge in [0.25, 0.3) is 0 Å². The zero-order valence-electron chi connectivity index (χ0n) is 8.55. The van der Waals surface area contributed by atoms with E-state index in [2.05, 4.69) is 18.2 Å². The van der Waals surface area contributed by atoms with Gasteiger partial charge in [-0.3, -0.25) is 0 Å². The second-order valence-electron chi connectivity index (χ2n) is 3.82. The molecule has 0 spiro atoms. The molecule has 14 heavy (non-hydrogen) atoms. The van der Waals surface area contributed by atoms with Crippen LogP contribution in [0.15, 0.2) is 18.2 Å². The molecule has 73 valence electrons. The van der Waals surface area contributed by atoms with Crippen LogP contribution in [0.2, 0.25) is 0 Å². The van der Waals surface area contributed by atoms with Crippen molar-refractivity contribution < 1.29 is 4.74 Å². The van der Waals surface area contributed by atoms with Gasteiger partial charge in [-0.15, -0.1) is 0 Å². The fourth-order valence-corrected chi connectivity index (χ4v) is 1.80. The first-order valence-corrected chi connectivity index (χ1v) is 5.06. The summed E-state index contributed by atoms with van der Waals surface area (Å²) in [7, 11) is 0. The molecule has 1 aliphatic rings. The molecule has 1 radical (unpaired) electrons. The molecule has 0 fully saturated rings. The predicted molar refractivity (Wildman–Crippen MR) is 57.8 cm³/mol. The lowest BCUT2D eigenvalue weighted by Crippen LogP contribution is -1.93. The summed E-state index contributed by atoms with van der Waals surface area (Å²) in [6, 6.07) is 6.42. The Balaban J connectivity index is 2.37. The smallest absolute Gasteiger partial charge is 0.0719 e. The lowest BCUT2D eigenvalue weighted by atomic mass is 9.99. The Morgan fingerprint density at radius 2 is 2.21 bits per heavy atom. The van der Waals surface area contributed by atoms with Crippen molar-refractivity contribution in [2.45, 2.75) is 26.4 Å². The molecule has 0 N–H and O–H groups in total. The Kier molecular flexibility index (Phi) is 2.69. The molecule has 2 rings (SSSR count). The normalized spacial score (nSPS) is 15.8. The monoisotopic (exact) mass is 187 g/mol. The molecule has 0 atom stereocenters. The molecule has 1 aliphatic heterocycles. The van der Waals surface area contributed by atoms with Crippen molar-refractivity contribution in [1.82, 2.24) is 0 Å². The molecule has 1 aromatic carbocycles. The lowest BCUT2D eigenvalue weighted by Gasteiger charge is -2.07. The summed E-state index contributed by atoms with van der Waals surface area (Å²) >= 11 is 0. The van der Waals surface area contributed by atoms with Crippen LogP contribution in [0.1, 0.15) is 30.0 Å². The van der Waals surface area contributed by atoms with E-state index < -0.39 is 0 Å². The van der Waals surface area contributed by atoms with Crippen molar-refractivity contribution in [3.8, 4) is 0 Å². The third-order valence-corrected chi connectivity index (χ3v) is 2.65. The van der Waals surface area contributed by atoms with Gasteiger partial charge in [0.1, 0.15) is 0 Å². The maximum Gasteiger partial charge on any atom is 0.0719 e. The summed E-state index contributed by atoms with van der Waals surface area (Å²) in [5, 5.41) is 0. The van der Waals surface area contributed by atoms with Crippen molar-refractivity contribution in [3.05, 3.63) is 41.5 Å². The first-order valence-electron chi connectivity index (χ1n) is 5.06. The largest absolute Gasteiger partial charge is 0.377 e. The average Bonchev–Trinajstić information content (AvgIpc) is 2.41. The van der Waals surface area contributed by atoms with Crippen LogP contribution in [0.5, 0.6) is 0 Å². The molecule has 0 aromatic heterocycles. The number of allylic oxidation sites excluding steroid dienone is 1. The van der Waals surface area contributed by atoms with Gasteiger partial charge in [-0.2, -0.15) is 0 Å². The van der Waals surface area contributed by atoms with Crippen molar-refractivity contribution >= 4 is 5.57 Å². The molecule has 0 bridgehead atoms. The Labute approximate surface area is 85.4 Å². The van der Waals surface area contributed by atoms with Gasteiger partial charge >= 0.3 is 0 Å². The van der Waals surface area contributed by atoms with E-state index in [0.717, 1.165) is 37.2 Å². The van der Waals surface area contributed by atoms with E-state index in [1.165, 1.54) is 11.1 Å². The number of hydrogen-bond acceptors (Lipinski definition) is 1. The first-order chi connectivity index (χ1) is 6.77. The van der Waals surface area contributed by atoms with Crippen LogP contribution < -0.4 is 0 Å². The molecule has 0 amide bonds. The molecule has 0 saturated carbocycles. The van der Waals surface area contributed by atoms with E-state index in [1.807, 2.05) is 6.92 Å². The molecule has 1 aromatic rings. The van der Waals surface area contributed by atoms with Gasteiger partial charge in [0.2, 0.25) is 0 Å². The second kappa shape index (κ2) is 3.97. The quantitative estimate of drug-likeness (QED) is 0.656. The van der Waals surface area contributed by atoms with E-state index in [1.54, 1.807) is 0 Å². The molecule has 1 heterocycles. The van der Waals surface area contributed by atoms with Crippen LogP contribution in [-0.2, 0) is 17.8 Å². The maximum absolute atomic E-state index is 5.76. The molecular weight excluding hydrogens is 172 g/mol. The highest BCUT2D eigenvalue weighted by atomic mass is 16.5. The minimum atomic E-state index is 0.733. The van der Waals surface area contributed by atoms with E-state index >= 15 is 0 Å². The summed E-state index contributed by atoms with van der Waals surface area (Å²) in [6.45, 7) is 9.29. The fourth-order valence-electron chi connectivity index (χ4n) is 1.80. The highest BCUT2D eigenvalue weighted by molar-refractivity contribution is 5.61. The van der Waals surface area contributed by atoms with Crippen LogP contribution in [0.25, 0.3) is 5.57 Å². The van der Waals surface area contributed by atoms with Crippen molar-refractivity contribution in [2.24, 2.45) is 0 Å². The summed E-state index contributed by atoms with van der Waals surface area (Å²) in [6.07, 6.45) is 2.25. The molecule has 1 heteroatoms. The summed E-state index contributed by atoms with van der Waals surface area (Å²) in [5.74, 6) is 0. The van der Waals surface area contributed by atoms with Gasteiger partial charge < -0.3 is 4.74 Å². The van der Waals surface area contributed by atoms with Gasteiger partial charge in [0.15, 0.2) is 0 Å². The summed E-state index contributed by atoms with van der Waals surface area (Å²) < 4.78 is 5.51. The van der Waals surface area contributed by atoms with Crippen molar-refractivity contribution in [1.29, 1.82) is 0 Å². The van der Waals surface area contributed by atoms with Crippen molar-refractivity contribution in [3.63, 3.8) is 0 Å². The fraction of sp³-hybridized carbons (Fsp3) is 0.385. The minimum Gasteiger partial charge on any atom is -0.377 e. The van der Waals surface area contributed by atoms with E-state index in [4.69, 9.17) is 11.3 Å². The van der Waals surface area contributed by atoms with Gasteiger partial charge in [-0.1, -0.05) is 18.7 Å². The predicted octanol–water partition coefficient (Wildman–Crippen LogP) is 2.99. The number of aryl methyl sites for hydroxylation is 1. The third kappa shape index (κ3) is 1.88. The molecular formula is C13H15O. The zero-order valence-corrected chi connectivity index (χ0v) is 8.55. The van der Waals surface area contributed by atoms with Crippen LogP contribution >= 0.6 is 0 Å².